The minimum absolute atomic E-state index is 0.0340. The molecule has 0 unspecified atom stereocenters. The molecule has 7 heteroatoms. The van der Waals surface area contributed by atoms with E-state index < -0.39 is 12.8 Å². The monoisotopic (exact) mass is 263 g/mol. The van der Waals surface area contributed by atoms with Crippen molar-refractivity contribution in [1.82, 2.24) is 14.9 Å². The zero-order valence-electron chi connectivity index (χ0n) is 9.91. The molecule has 0 spiro atoms. The Morgan fingerprint density at radius 2 is 2.22 bits per heavy atom. The molecule has 1 N–H and O–H groups in total. The first kappa shape index (κ1) is 13.4. The summed E-state index contributed by atoms with van der Waals surface area (Å²) in [5.41, 5.74) is 0. The van der Waals surface area contributed by atoms with Gasteiger partial charge in [0.1, 0.15) is 12.4 Å². The van der Waals surface area contributed by atoms with E-state index in [2.05, 4.69) is 15.0 Å². The summed E-state index contributed by atoms with van der Waals surface area (Å²) in [5, 5.41) is 3.31. The Bertz CT molecular complexity index is 374. The fourth-order valence-corrected chi connectivity index (χ4v) is 1.58. The van der Waals surface area contributed by atoms with Crippen LogP contribution in [-0.2, 0) is 17.8 Å². The van der Waals surface area contributed by atoms with Gasteiger partial charge in [0.25, 0.3) is 0 Å². The van der Waals surface area contributed by atoms with Crippen molar-refractivity contribution in [3.63, 3.8) is 0 Å². The van der Waals surface area contributed by atoms with Gasteiger partial charge in [0.05, 0.1) is 13.2 Å². The average Bonchev–Trinajstić information content (AvgIpc) is 3.01. The fourth-order valence-electron chi connectivity index (χ4n) is 1.58. The van der Waals surface area contributed by atoms with Crippen LogP contribution in [0.4, 0.5) is 13.2 Å². The third-order valence-corrected chi connectivity index (χ3v) is 2.67. The zero-order chi connectivity index (χ0) is 13.0. The van der Waals surface area contributed by atoms with E-state index in [1.54, 1.807) is 12.4 Å². The fraction of sp³-hybridized carbons (Fsp3) is 0.727. The van der Waals surface area contributed by atoms with E-state index in [1.165, 1.54) is 12.8 Å². The maximum atomic E-state index is 11.9. The van der Waals surface area contributed by atoms with Crippen LogP contribution in [0.15, 0.2) is 12.4 Å². The predicted octanol–water partition coefficient (Wildman–Crippen LogP) is 1.71. The van der Waals surface area contributed by atoms with Crippen molar-refractivity contribution in [2.24, 2.45) is 0 Å². The molecular weight excluding hydrogens is 247 g/mol. The second kappa shape index (κ2) is 5.71. The van der Waals surface area contributed by atoms with Crippen LogP contribution >= 0.6 is 0 Å². The van der Waals surface area contributed by atoms with Gasteiger partial charge < -0.3 is 14.6 Å². The number of aromatic nitrogens is 2. The molecule has 1 aliphatic carbocycles. The third-order valence-electron chi connectivity index (χ3n) is 2.67. The zero-order valence-corrected chi connectivity index (χ0v) is 9.91. The highest BCUT2D eigenvalue weighted by molar-refractivity contribution is 4.94. The van der Waals surface area contributed by atoms with Gasteiger partial charge in [-0.1, -0.05) is 0 Å². The van der Waals surface area contributed by atoms with E-state index in [9.17, 15) is 13.2 Å². The Morgan fingerprint density at radius 3 is 2.89 bits per heavy atom. The van der Waals surface area contributed by atoms with Crippen molar-refractivity contribution in [1.29, 1.82) is 0 Å². The van der Waals surface area contributed by atoms with Crippen LogP contribution in [0.5, 0.6) is 0 Å². The molecule has 102 valence electrons. The number of alkyl halides is 3. The van der Waals surface area contributed by atoms with Crippen molar-refractivity contribution in [3.05, 3.63) is 18.2 Å². The van der Waals surface area contributed by atoms with Crippen molar-refractivity contribution in [2.75, 3.05) is 13.2 Å². The van der Waals surface area contributed by atoms with Crippen molar-refractivity contribution < 1.29 is 17.9 Å². The smallest absolute Gasteiger partial charge is 0.370 e. The molecule has 1 heterocycles. The Kier molecular flexibility index (Phi) is 4.23. The molecule has 1 fully saturated rings. The van der Waals surface area contributed by atoms with Crippen molar-refractivity contribution in [2.45, 2.75) is 38.1 Å². The summed E-state index contributed by atoms with van der Waals surface area (Å²) in [5.74, 6) is 0.831. The van der Waals surface area contributed by atoms with Crippen LogP contribution in [0.2, 0.25) is 0 Å². The van der Waals surface area contributed by atoms with Gasteiger partial charge in [0.2, 0.25) is 0 Å². The number of nitrogens with zero attached hydrogens (tertiary/aromatic N) is 2. The molecule has 0 saturated heterocycles. The average molecular weight is 263 g/mol. The van der Waals surface area contributed by atoms with Gasteiger partial charge in [-0.15, -0.1) is 0 Å². The number of nitrogens with one attached hydrogen (secondary N) is 1. The highest BCUT2D eigenvalue weighted by Crippen LogP contribution is 2.19. The van der Waals surface area contributed by atoms with E-state index in [1.807, 2.05) is 4.57 Å². The standard InChI is InChI=1S/C11H16F3N3O/c12-11(13,14)8-18-6-5-17-4-3-15-10(17)7-16-9-1-2-9/h3-4,9,16H,1-2,5-8H2. The van der Waals surface area contributed by atoms with Gasteiger partial charge in [-0.25, -0.2) is 4.98 Å². The van der Waals surface area contributed by atoms with Crippen LogP contribution < -0.4 is 5.32 Å². The second-order valence-corrected chi connectivity index (χ2v) is 4.36. The van der Waals surface area contributed by atoms with Crippen LogP contribution in [0.25, 0.3) is 0 Å². The largest absolute Gasteiger partial charge is 0.411 e. The number of rotatable bonds is 7. The summed E-state index contributed by atoms with van der Waals surface area (Å²) >= 11 is 0. The molecule has 0 atom stereocenters. The van der Waals surface area contributed by atoms with Gasteiger partial charge in [-0.3, -0.25) is 0 Å². The topological polar surface area (TPSA) is 39.1 Å². The molecule has 1 aliphatic rings. The minimum atomic E-state index is -4.26. The number of imidazole rings is 1. The van der Waals surface area contributed by atoms with Crippen molar-refractivity contribution >= 4 is 0 Å². The Labute approximate surface area is 103 Å². The lowest BCUT2D eigenvalue weighted by atomic mass is 10.5. The number of hydrogen-bond acceptors (Lipinski definition) is 3. The minimum Gasteiger partial charge on any atom is -0.370 e. The Morgan fingerprint density at radius 1 is 1.44 bits per heavy atom. The first-order valence-electron chi connectivity index (χ1n) is 5.92. The second-order valence-electron chi connectivity index (χ2n) is 4.36. The van der Waals surface area contributed by atoms with Gasteiger partial charge in [-0.2, -0.15) is 13.2 Å². The van der Waals surface area contributed by atoms with Crippen LogP contribution in [0, 0.1) is 0 Å². The number of ether oxygens (including phenoxy) is 1. The van der Waals surface area contributed by atoms with E-state index in [0.29, 0.717) is 19.1 Å². The molecule has 0 radical (unpaired) electrons. The van der Waals surface area contributed by atoms with Crippen LogP contribution in [0.1, 0.15) is 18.7 Å². The molecule has 18 heavy (non-hydrogen) atoms. The Balaban J connectivity index is 1.69. The van der Waals surface area contributed by atoms with Gasteiger partial charge in [-0.05, 0) is 12.8 Å². The lowest BCUT2D eigenvalue weighted by Crippen LogP contribution is -2.21. The highest BCUT2D eigenvalue weighted by atomic mass is 19.4. The normalized spacial score (nSPS) is 16.2. The molecule has 1 aromatic heterocycles. The third kappa shape index (κ3) is 4.66. The summed E-state index contributed by atoms with van der Waals surface area (Å²) < 4.78 is 42.0. The van der Waals surface area contributed by atoms with E-state index in [4.69, 9.17) is 0 Å². The SMILES string of the molecule is FC(F)(F)COCCn1ccnc1CNC1CC1. The van der Waals surface area contributed by atoms with E-state index >= 15 is 0 Å². The number of hydrogen-bond donors (Lipinski definition) is 1. The van der Waals surface area contributed by atoms with Crippen LogP contribution in [-0.4, -0.2) is 35.0 Å². The lowest BCUT2D eigenvalue weighted by molar-refractivity contribution is -0.174. The van der Waals surface area contributed by atoms with Gasteiger partial charge in [0.15, 0.2) is 0 Å². The summed E-state index contributed by atoms with van der Waals surface area (Å²) in [6.45, 7) is -0.127. The lowest BCUT2D eigenvalue weighted by Gasteiger charge is -2.10. The first-order valence-corrected chi connectivity index (χ1v) is 5.92. The maximum Gasteiger partial charge on any atom is 0.411 e. The van der Waals surface area contributed by atoms with Gasteiger partial charge >= 0.3 is 6.18 Å². The molecule has 0 aromatic carbocycles. The molecule has 2 rings (SSSR count). The molecular formula is C11H16F3N3O. The summed E-state index contributed by atoms with van der Waals surface area (Å²) in [7, 11) is 0. The molecule has 0 aliphatic heterocycles. The number of halogens is 3. The summed E-state index contributed by atoms with van der Waals surface area (Å²) in [6.07, 6.45) is 1.52. The highest BCUT2D eigenvalue weighted by Gasteiger charge is 2.27. The van der Waals surface area contributed by atoms with E-state index in [-0.39, 0.29) is 6.61 Å². The van der Waals surface area contributed by atoms with Gasteiger partial charge in [0, 0.05) is 25.0 Å². The molecule has 1 saturated carbocycles. The molecule has 4 nitrogen and oxygen atoms in total. The summed E-state index contributed by atoms with van der Waals surface area (Å²) in [4.78, 5) is 4.17. The molecule has 0 bridgehead atoms. The van der Waals surface area contributed by atoms with E-state index in [0.717, 1.165) is 5.82 Å². The predicted molar refractivity (Wildman–Crippen MR) is 59.0 cm³/mol. The first-order chi connectivity index (χ1) is 8.54. The van der Waals surface area contributed by atoms with Crippen molar-refractivity contribution in [3.8, 4) is 0 Å². The maximum absolute atomic E-state index is 11.9. The molecule has 0 amide bonds. The van der Waals surface area contributed by atoms with Crippen LogP contribution in [0.3, 0.4) is 0 Å². The quantitative estimate of drug-likeness (QED) is 0.761. The Hall–Kier alpha value is -1.08. The molecule has 1 aromatic rings. The summed E-state index contributed by atoms with van der Waals surface area (Å²) in [6, 6.07) is 0.580.